The van der Waals surface area contributed by atoms with Crippen LogP contribution in [0.25, 0.3) is 0 Å². The number of carbonyl (C=O) groups is 1. The number of rotatable bonds is 5. The minimum absolute atomic E-state index is 0.145. The van der Waals surface area contributed by atoms with E-state index < -0.39 is 11.4 Å². The van der Waals surface area contributed by atoms with Crippen molar-refractivity contribution in [2.75, 3.05) is 7.11 Å². The molecule has 132 valence electrons. The van der Waals surface area contributed by atoms with Crippen molar-refractivity contribution < 1.29 is 19.4 Å². The summed E-state index contributed by atoms with van der Waals surface area (Å²) in [7, 11) is 1.62. The van der Waals surface area contributed by atoms with E-state index in [4.69, 9.17) is 9.47 Å². The number of hydrogen-bond donors (Lipinski definition) is 1. The summed E-state index contributed by atoms with van der Waals surface area (Å²) >= 11 is 0. The molecule has 5 nitrogen and oxygen atoms in total. The fraction of sp³-hybridized carbons (Fsp3) is 0.600. The van der Waals surface area contributed by atoms with Crippen molar-refractivity contribution in [3.05, 3.63) is 23.8 Å². The summed E-state index contributed by atoms with van der Waals surface area (Å²) in [6, 6.07) is 8.27. The standard InChI is InChI=1S/C20H23NO4/c1-24-17-7-6-13(10-18(17)25-14-4-2-3-5-14)20(11-21)15-8-12(19(22)23)9-16(15)20/h6-7,10,12,14-16H,2-5,8-9H2,1H3,(H,22,23)/t12?,15-,16+,20?. The molecule has 3 aliphatic rings. The second kappa shape index (κ2) is 5.94. The fourth-order valence-electron chi connectivity index (χ4n) is 5.02. The van der Waals surface area contributed by atoms with Gasteiger partial charge in [-0.1, -0.05) is 6.07 Å². The zero-order valence-corrected chi connectivity index (χ0v) is 14.4. The van der Waals surface area contributed by atoms with E-state index >= 15 is 0 Å². The number of aliphatic carboxylic acids is 1. The Kier molecular flexibility index (Phi) is 3.87. The van der Waals surface area contributed by atoms with Gasteiger partial charge in [0.2, 0.25) is 0 Å². The van der Waals surface area contributed by atoms with Gasteiger partial charge in [0.1, 0.15) is 0 Å². The highest BCUT2D eigenvalue weighted by molar-refractivity contribution is 5.71. The highest BCUT2D eigenvalue weighted by Gasteiger charge is 2.70. The first-order chi connectivity index (χ1) is 12.1. The van der Waals surface area contributed by atoms with Crippen LogP contribution < -0.4 is 9.47 Å². The van der Waals surface area contributed by atoms with Crippen LogP contribution in [0.4, 0.5) is 0 Å². The van der Waals surface area contributed by atoms with E-state index in [9.17, 15) is 15.2 Å². The maximum atomic E-state index is 11.2. The Morgan fingerprint density at radius 2 is 1.92 bits per heavy atom. The molecule has 3 aliphatic carbocycles. The van der Waals surface area contributed by atoms with Crippen molar-refractivity contribution in [3.8, 4) is 17.6 Å². The number of methoxy groups -OCH3 is 1. The van der Waals surface area contributed by atoms with Gasteiger partial charge in [-0.25, -0.2) is 0 Å². The molecule has 3 saturated carbocycles. The van der Waals surface area contributed by atoms with Gasteiger partial charge in [-0.15, -0.1) is 0 Å². The van der Waals surface area contributed by atoms with Crippen LogP contribution in [0, 0.1) is 29.1 Å². The van der Waals surface area contributed by atoms with Crippen LogP contribution in [-0.4, -0.2) is 24.3 Å². The molecule has 1 N–H and O–H groups in total. The highest BCUT2D eigenvalue weighted by Crippen LogP contribution is 2.69. The quantitative estimate of drug-likeness (QED) is 0.886. The van der Waals surface area contributed by atoms with Gasteiger partial charge in [0.25, 0.3) is 0 Å². The number of carboxylic acids is 1. The molecule has 5 heteroatoms. The predicted octanol–water partition coefficient (Wildman–Crippen LogP) is 3.52. The van der Waals surface area contributed by atoms with E-state index in [1.807, 2.05) is 18.2 Å². The van der Waals surface area contributed by atoms with Gasteiger partial charge in [-0.05, 0) is 68.1 Å². The predicted molar refractivity (Wildman–Crippen MR) is 90.5 cm³/mol. The van der Waals surface area contributed by atoms with Gasteiger partial charge in [0.15, 0.2) is 11.5 Å². The second-order valence-corrected chi connectivity index (χ2v) is 7.59. The summed E-state index contributed by atoms with van der Waals surface area (Å²) in [5.74, 6) is 0.653. The molecule has 4 atom stereocenters. The molecule has 25 heavy (non-hydrogen) atoms. The van der Waals surface area contributed by atoms with Crippen molar-refractivity contribution in [1.82, 2.24) is 0 Å². The molecule has 2 unspecified atom stereocenters. The number of ether oxygens (including phenoxy) is 2. The van der Waals surface area contributed by atoms with Gasteiger partial charge in [0, 0.05) is 0 Å². The van der Waals surface area contributed by atoms with Gasteiger partial charge in [-0.3, -0.25) is 4.79 Å². The highest BCUT2D eigenvalue weighted by atomic mass is 16.5. The Balaban J connectivity index is 1.60. The van der Waals surface area contributed by atoms with Crippen molar-refractivity contribution in [2.45, 2.75) is 50.0 Å². The third-order valence-electron chi connectivity index (χ3n) is 6.39. The lowest BCUT2D eigenvalue weighted by Gasteiger charge is -2.20. The first-order valence-electron chi connectivity index (χ1n) is 9.09. The van der Waals surface area contributed by atoms with Crippen molar-refractivity contribution in [1.29, 1.82) is 5.26 Å². The zero-order valence-electron chi connectivity index (χ0n) is 14.4. The van der Waals surface area contributed by atoms with Crippen molar-refractivity contribution in [3.63, 3.8) is 0 Å². The third kappa shape index (κ3) is 2.47. The van der Waals surface area contributed by atoms with Crippen LogP contribution in [0.1, 0.15) is 44.1 Å². The topological polar surface area (TPSA) is 79.5 Å². The van der Waals surface area contributed by atoms with E-state index in [0.717, 1.165) is 18.4 Å². The monoisotopic (exact) mass is 341 g/mol. The van der Waals surface area contributed by atoms with Crippen LogP contribution >= 0.6 is 0 Å². The van der Waals surface area contributed by atoms with Gasteiger partial charge < -0.3 is 14.6 Å². The van der Waals surface area contributed by atoms with Crippen LogP contribution in [0.3, 0.4) is 0 Å². The zero-order chi connectivity index (χ0) is 17.6. The summed E-state index contributed by atoms with van der Waals surface area (Å²) in [6.45, 7) is 0. The number of carboxylic acid groups (broad SMARTS) is 1. The lowest BCUT2D eigenvalue weighted by molar-refractivity contribution is -0.141. The van der Waals surface area contributed by atoms with Gasteiger partial charge >= 0.3 is 5.97 Å². The molecule has 0 aromatic heterocycles. The molecule has 1 aromatic carbocycles. The van der Waals surface area contributed by atoms with E-state index in [1.165, 1.54) is 12.8 Å². The maximum absolute atomic E-state index is 11.2. The molecule has 0 heterocycles. The fourth-order valence-corrected chi connectivity index (χ4v) is 5.02. The normalized spacial score (nSPS) is 33.5. The smallest absolute Gasteiger partial charge is 0.306 e. The number of hydrogen-bond acceptors (Lipinski definition) is 4. The SMILES string of the molecule is COc1ccc(C2(C#N)[C@@H]3CC(C(=O)O)C[C@@H]32)cc1OC1CCCC1. The van der Waals surface area contributed by atoms with Crippen LogP contribution in [-0.2, 0) is 10.2 Å². The Bertz CT molecular complexity index is 720. The number of nitrogens with zero attached hydrogens (tertiary/aromatic N) is 1. The number of benzene rings is 1. The second-order valence-electron chi connectivity index (χ2n) is 7.59. The summed E-state index contributed by atoms with van der Waals surface area (Å²) < 4.78 is 11.6. The third-order valence-corrected chi connectivity index (χ3v) is 6.39. The van der Waals surface area contributed by atoms with Gasteiger partial charge in [-0.2, -0.15) is 5.26 Å². The lowest BCUT2D eigenvalue weighted by atomic mass is 9.85. The minimum atomic E-state index is -0.737. The Hall–Kier alpha value is -2.22. The molecule has 0 aliphatic heterocycles. The summed E-state index contributed by atoms with van der Waals surface area (Å²) in [5, 5.41) is 19.1. The first kappa shape index (κ1) is 16.3. The first-order valence-corrected chi connectivity index (χ1v) is 9.09. The van der Waals surface area contributed by atoms with Crippen molar-refractivity contribution in [2.24, 2.45) is 17.8 Å². The number of fused-ring (bicyclic) bond motifs is 1. The molecule has 1 aromatic rings. The van der Waals surface area contributed by atoms with Crippen LogP contribution in [0.2, 0.25) is 0 Å². The van der Waals surface area contributed by atoms with E-state index in [1.54, 1.807) is 7.11 Å². The summed E-state index contributed by atoms with van der Waals surface area (Å²) in [4.78, 5) is 11.2. The Morgan fingerprint density at radius 1 is 1.24 bits per heavy atom. The average molecular weight is 341 g/mol. The minimum Gasteiger partial charge on any atom is -0.493 e. The molecule has 0 spiro atoms. The molecule has 4 rings (SSSR count). The number of nitriles is 1. The molecule has 0 saturated heterocycles. The molecule has 0 radical (unpaired) electrons. The largest absolute Gasteiger partial charge is 0.493 e. The molecule has 0 bridgehead atoms. The van der Waals surface area contributed by atoms with Crippen LogP contribution in [0.5, 0.6) is 11.5 Å². The Labute approximate surface area is 147 Å². The lowest BCUT2D eigenvalue weighted by Crippen LogP contribution is -2.20. The summed E-state index contributed by atoms with van der Waals surface area (Å²) in [6.07, 6.45) is 5.91. The van der Waals surface area contributed by atoms with E-state index in [-0.39, 0.29) is 23.9 Å². The average Bonchev–Trinajstić information content (AvgIpc) is 3.02. The molecular weight excluding hydrogens is 318 g/mol. The van der Waals surface area contributed by atoms with Crippen molar-refractivity contribution >= 4 is 5.97 Å². The van der Waals surface area contributed by atoms with Gasteiger partial charge in [0.05, 0.1) is 30.6 Å². The maximum Gasteiger partial charge on any atom is 0.306 e. The van der Waals surface area contributed by atoms with E-state index in [2.05, 4.69) is 6.07 Å². The van der Waals surface area contributed by atoms with Crippen LogP contribution in [0.15, 0.2) is 18.2 Å². The Morgan fingerprint density at radius 3 is 2.48 bits per heavy atom. The molecule has 3 fully saturated rings. The molecule has 0 amide bonds. The summed E-state index contributed by atoms with van der Waals surface area (Å²) in [5.41, 5.74) is 0.397. The van der Waals surface area contributed by atoms with E-state index in [0.29, 0.717) is 24.3 Å². The molecular formula is C20H23NO4.